The van der Waals surface area contributed by atoms with E-state index in [0.717, 1.165) is 11.1 Å². The number of anilines is 1. The number of benzene rings is 2. The van der Waals surface area contributed by atoms with Crippen molar-refractivity contribution in [2.45, 2.75) is 11.8 Å². The number of hydrogen-bond donors (Lipinski definition) is 1. The molecule has 0 aliphatic carbocycles. The first-order chi connectivity index (χ1) is 12.3. The molecule has 0 radical (unpaired) electrons. The van der Waals surface area contributed by atoms with Crippen LogP contribution < -0.4 is 4.72 Å². The molecule has 1 heterocycles. The van der Waals surface area contributed by atoms with Crippen LogP contribution in [0.15, 0.2) is 59.6 Å². The van der Waals surface area contributed by atoms with Gasteiger partial charge in [0.2, 0.25) is 0 Å². The van der Waals surface area contributed by atoms with Gasteiger partial charge in [0.05, 0.1) is 5.02 Å². The zero-order valence-corrected chi connectivity index (χ0v) is 16.6. The molecule has 2 aromatic carbocycles. The Hall–Kier alpha value is -1.79. The molecule has 134 valence electrons. The zero-order valence-electron chi connectivity index (χ0n) is 13.5. The predicted molar refractivity (Wildman–Crippen MR) is 107 cm³/mol. The molecular weight excluding hydrogens is 415 g/mol. The molecular formula is C18H13Cl3N2O2S. The van der Waals surface area contributed by atoms with E-state index < -0.39 is 10.0 Å². The van der Waals surface area contributed by atoms with E-state index >= 15 is 0 Å². The first-order valence-electron chi connectivity index (χ1n) is 7.47. The van der Waals surface area contributed by atoms with Crippen LogP contribution in [0, 0.1) is 6.92 Å². The highest BCUT2D eigenvalue weighted by molar-refractivity contribution is 7.92. The van der Waals surface area contributed by atoms with Crippen molar-refractivity contribution >= 4 is 50.6 Å². The summed E-state index contributed by atoms with van der Waals surface area (Å²) in [7, 11) is -3.91. The van der Waals surface area contributed by atoms with Gasteiger partial charge in [0.1, 0.15) is 10.7 Å². The number of aryl methyl sites for hydroxylation is 1. The third-order valence-corrected chi connectivity index (χ3v) is 6.17. The fraction of sp³-hybridized carbons (Fsp3) is 0.0556. The van der Waals surface area contributed by atoms with Gasteiger partial charge in [-0.2, -0.15) is 0 Å². The molecule has 0 saturated carbocycles. The second kappa shape index (κ2) is 7.45. The van der Waals surface area contributed by atoms with Gasteiger partial charge < -0.3 is 0 Å². The summed E-state index contributed by atoms with van der Waals surface area (Å²) in [6.45, 7) is 1.63. The van der Waals surface area contributed by atoms with E-state index in [1.165, 1.54) is 12.1 Å². The lowest BCUT2D eigenvalue weighted by atomic mass is 10.1. The largest absolute Gasteiger partial charge is 0.264 e. The average molecular weight is 428 g/mol. The minimum atomic E-state index is -3.91. The molecule has 3 aromatic rings. The number of sulfonamides is 1. The first-order valence-corrected chi connectivity index (χ1v) is 10.1. The Morgan fingerprint density at radius 2 is 1.69 bits per heavy atom. The molecule has 26 heavy (non-hydrogen) atoms. The third-order valence-electron chi connectivity index (χ3n) is 3.65. The van der Waals surface area contributed by atoms with Gasteiger partial charge in [0.25, 0.3) is 10.0 Å². The monoisotopic (exact) mass is 426 g/mol. The van der Waals surface area contributed by atoms with Crippen LogP contribution in [0.25, 0.3) is 11.1 Å². The Morgan fingerprint density at radius 3 is 2.31 bits per heavy atom. The number of rotatable bonds is 4. The Labute approximate surface area is 166 Å². The molecule has 4 nitrogen and oxygen atoms in total. The normalized spacial score (nSPS) is 11.4. The second-order valence-electron chi connectivity index (χ2n) is 5.55. The third kappa shape index (κ3) is 3.96. The summed E-state index contributed by atoms with van der Waals surface area (Å²) >= 11 is 18.1. The van der Waals surface area contributed by atoms with E-state index in [2.05, 4.69) is 9.71 Å². The quantitative estimate of drug-likeness (QED) is 0.571. The highest BCUT2D eigenvalue weighted by Gasteiger charge is 2.22. The Morgan fingerprint density at radius 1 is 0.962 bits per heavy atom. The van der Waals surface area contributed by atoms with Crippen LogP contribution in [0.2, 0.25) is 15.1 Å². The maximum Gasteiger partial charge on any atom is 0.264 e. The topological polar surface area (TPSA) is 59.1 Å². The van der Waals surface area contributed by atoms with Crippen LogP contribution in [-0.2, 0) is 10.0 Å². The predicted octanol–water partition coefficient (Wildman–Crippen LogP) is 5.82. The molecule has 0 aliphatic heterocycles. The second-order valence-corrected chi connectivity index (χ2v) is 8.42. The smallest absolute Gasteiger partial charge is 0.263 e. The number of nitrogens with zero attached hydrogens (tertiary/aromatic N) is 1. The standard InChI is InChI=1S/C18H13Cl3N2O2S/c1-11-8-13(19)9-16(21)18(11)26(24,25)23-17-7-6-12(10-22-17)14-4-2-3-5-15(14)20/h2-10H,1H3,(H,22,23). The fourth-order valence-electron chi connectivity index (χ4n) is 2.53. The van der Waals surface area contributed by atoms with Gasteiger partial charge in [0, 0.05) is 27.4 Å². The number of halogens is 3. The number of nitrogens with one attached hydrogen (secondary N) is 1. The summed E-state index contributed by atoms with van der Waals surface area (Å²) in [5.74, 6) is 0.172. The number of pyridine rings is 1. The highest BCUT2D eigenvalue weighted by atomic mass is 35.5. The van der Waals surface area contributed by atoms with Crippen molar-refractivity contribution in [3.63, 3.8) is 0 Å². The van der Waals surface area contributed by atoms with Gasteiger partial charge in [-0.05, 0) is 42.8 Å². The highest BCUT2D eigenvalue weighted by Crippen LogP contribution is 2.31. The molecule has 0 spiro atoms. The van der Waals surface area contributed by atoms with E-state index in [4.69, 9.17) is 34.8 Å². The van der Waals surface area contributed by atoms with Gasteiger partial charge in [-0.3, -0.25) is 4.72 Å². The van der Waals surface area contributed by atoms with Gasteiger partial charge in [0.15, 0.2) is 0 Å². The van der Waals surface area contributed by atoms with Crippen LogP contribution in [-0.4, -0.2) is 13.4 Å². The molecule has 1 aromatic heterocycles. The van der Waals surface area contributed by atoms with E-state index in [1.54, 1.807) is 31.3 Å². The van der Waals surface area contributed by atoms with Crippen LogP contribution >= 0.6 is 34.8 Å². The van der Waals surface area contributed by atoms with E-state index in [1.807, 2.05) is 18.2 Å². The van der Waals surface area contributed by atoms with Crippen LogP contribution in [0.1, 0.15) is 5.56 Å². The lowest BCUT2D eigenvalue weighted by molar-refractivity contribution is 0.600. The van der Waals surface area contributed by atoms with Crippen molar-refractivity contribution in [1.82, 2.24) is 4.98 Å². The van der Waals surface area contributed by atoms with Crippen molar-refractivity contribution < 1.29 is 8.42 Å². The van der Waals surface area contributed by atoms with Crippen LogP contribution in [0.3, 0.4) is 0 Å². The molecule has 0 bridgehead atoms. The lowest BCUT2D eigenvalue weighted by Gasteiger charge is -2.12. The van der Waals surface area contributed by atoms with Crippen molar-refractivity contribution in [2.75, 3.05) is 4.72 Å². The average Bonchev–Trinajstić information content (AvgIpc) is 2.54. The lowest BCUT2D eigenvalue weighted by Crippen LogP contribution is -2.15. The Bertz CT molecular complexity index is 1050. The molecule has 0 unspecified atom stereocenters. The van der Waals surface area contributed by atoms with E-state index in [0.29, 0.717) is 15.6 Å². The summed E-state index contributed by atoms with van der Waals surface area (Å²) in [5.41, 5.74) is 2.04. The SMILES string of the molecule is Cc1cc(Cl)cc(Cl)c1S(=O)(=O)Nc1ccc(-c2ccccc2Cl)cn1. The summed E-state index contributed by atoms with van der Waals surface area (Å²) in [6.07, 6.45) is 1.55. The molecule has 0 amide bonds. The first kappa shape index (κ1) is 19.0. The minimum absolute atomic E-state index is 0.0273. The summed E-state index contributed by atoms with van der Waals surface area (Å²) in [4.78, 5) is 4.14. The summed E-state index contributed by atoms with van der Waals surface area (Å²) in [6, 6.07) is 13.6. The molecule has 8 heteroatoms. The van der Waals surface area contributed by atoms with Gasteiger partial charge in [-0.15, -0.1) is 0 Å². The molecule has 0 aliphatic rings. The molecule has 1 N–H and O–H groups in total. The summed E-state index contributed by atoms with van der Waals surface area (Å²) < 4.78 is 27.8. The maximum atomic E-state index is 12.7. The molecule has 0 fully saturated rings. The van der Waals surface area contributed by atoms with Gasteiger partial charge >= 0.3 is 0 Å². The van der Waals surface area contributed by atoms with Crippen LogP contribution in [0.4, 0.5) is 5.82 Å². The van der Waals surface area contributed by atoms with Crippen molar-refractivity contribution in [2.24, 2.45) is 0 Å². The van der Waals surface area contributed by atoms with Gasteiger partial charge in [-0.25, -0.2) is 13.4 Å². The van der Waals surface area contributed by atoms with E-state index in [9.17, 15) is 8.42 Å². The Kier molecular flexibility index (Phi) is 5.44. The number of hydrogen-bond acceptors (Lipinski definition) is 3. The van der Waals surface area contributed by atoms with Crippen molar-refractivity contribution in [3.8, 4) is 11.1 Å². The van der Waals surface area contributed by atoms with Gasteiger partial charge in [-0.1, -0.05) is 53.0 Å². The number of aromatic nitrogens is 1. The Balaban J connectivity index is 1.91. The molecule has 0 atom stereocenters. The summed E-state index contributed by atoms with van der Waals surface area (Å²) in [5, 5.41) is 1.01. The fourth-order valence-corrected chi connectivity index (χ4v) is 4.97. The minimum Gasteiger partial charge on any atom is -0.263 e. The van der Waals surface area contributed by atoms with Crippen LogP contribution in [0.5, 0.6) is 0 Å². The maximum absolute atomic E-state index is 12.7. The van der Waals surface area contributed by atoms with E-state index in [-0.39, 0.29) is 15.7 Å². The molecule has 3 rings (SSSR count). The molecule has 0 saturated heterocycles. The van der Waals surface area contributed by atoms with Crippen molar-refractivity contribution in [3.05, 3.63) is 75.4 Å². The van der Waals surface area contributed by atoms with Crippen molar-refractivity contribution in [1.29, 1.82) is 0 Å². The zero-order chi connectivity index (χ0) is 18.9.